The number of pyridine rings is 2. The second-order valence-electron chi connectivity index (χ2n) is 5.39. The van der Waals surface area contributed by atoms with Gasteiger partial charge in [-0.2, -0.15) is 0 Å². The molecule has 0 bridgehead atoms. The van der Waals surface area contributed by atoms with Crippen LogP contribution in [0.25, 0.3) is 11.1 Å². The Morgan fingerprint density at radius 3 is 2.45 bits per heavy atom. The summed E-state index contributed by atoms with van der Waals surface area (Å²) in [6, 6.07) is 8.40. The second kappa shape index (κ2) is 7.78. The van der Waals surface area contributed by atoms with E-state index in [1.807, 2.05) is 30.7 Å². The highest BCUT2D eigenvalue weighted by atomic mass is 14.7. The third-order valence-electron chi connectivity index (χ3n) is 3.87. The monoisotopic (exact) mass is 268 g/mol. The number of rotatable bonds is 7. The molecule has 0 spiro atoms. The molecule has 1 atom stereocenters. The van der Waals surface area contributed by atoms with Crippen molar-refractivity contribution in [1.82, 2.24) is 9.97 Å². The van der Waals surface area contributed by atoms with Gasteiger partial charge in [-0.3, -0.25) is 9.97 Å². The molecule has 0 aliphatic rings. The van der Waals surface area contributed by atoms with Crippen LogP contribution in [0.15, 0.2) is 42.9 Å². The van der Waals surface area contributed by atoms with E-state index >= 15 is 0 Å². The van der Waals surface area contributed by atoms with Crippen LogP contribution in [-0.2, 0) is 6.42 Å². The number of hydrogen-bond donors (Lipinski definition) is 0. The maximum atomic E-state index is 4.55. The van der Waals surface area contributed by atoms with E-state index < -0.39 is 0 Å². The Bertz CT molecular complexity index is 508. The van der Waals surface area contributed by atoms with Crippen molar-refractivity contribution in [3.8, 4) is 11.1 Å². The Kier molecular flexibility index (Phi) is 5.72. The van der Waals surface area contributed by atoms with Crippen molar-refractivity contribution in [2.24, 2.45) is 5.92 Å². The van der Waals surface area contributed by atoms with Gasteiger partial charge in [0.15, 0.2) is 0 Å². The van der Waals surface area contributed by atoms with E-state index in [0.29, 0.717) is 0 Å². The highest BCUT2D eigenvalue weighted by Crippen LogP contribution is 2.22. The molecule has 0 saturated heterocycles. The number of nitrogens with zero attached hydrogens (tertiary/aromatic N) is 2. The van der Waals surface area contributed by atoms with Crippen LogP contribution in [0, 0.1) is 5.92 Å². The smallest absolute Gasteiger partial charge is 0.0412 e. The highest BCUT2D eigenvalue weighted by molar-refractivity contribution is 5.62. The number of unbranched alkanes of at least 4 members (excludes halogenated alkanes) is 1. The summed E-state index contributed by atoms with van der Waals surface area (Å²) in [5.74, 6) is 0.759. The average Bonchev–Trinajstić information content (AvgIpc) is 2.52. The quantitative estimate of drug-likeness (QED) is 0.713. The first-order valence-electron chi connectivity index (χ1n) is 7.68. The Morgan fingerprint density at radius 2 is 1.75 bits per heavy atom. The topological polar surface area (TPSA) is 25.8 Å². The third-order valence-corrected chi connectivity index (χ3v) is 3.87. The molecule has 2 heteroatoms. The van der Waals surface area contributed by atoms with Gasteiger partial charge in [-0.05, 0) is 47.7 Å². The van der Waals surface area contributed by atoms with Gasteiger partial charge in [0.05, 0.1) is 0 Å². The largest absolute Gasteiger partial charge is 0.265 e. The van der Waals surface area contributed by atoms with Crippen LogP contribution in [0.5, 0.6) is 0 Å². The molecule has 0 aliphatic carbocycles. The Hall–Kier alpha value is -1.70. The first kappa shape index (κ1) is 14.7. The Morgan fingerprint density at radius 1 is 1.00 bits per heavy atom. The van der Waals surface area contributed by atoms with Gasteiger partial charge in [-0.15, -0.1) is 0 Å². The Balaban J connectivity index is 2.09. The molecule has 0 saturated carbocycles. The summed E-state index contributed by atoms with van der Waals surface area (Å²) in [4.78, 5) is 8.62. The fraction of sp³-hybridized carbons (Fsp3) is 0.444. The summed E-state index contributed by atoms with van der Waals surface area (Å²) < 4.78 is 0. The van der Waals surface area contributed by atoms with Gasteiger partial charge < -0.3 is 0 Å². The zero-order chi connectivity index (χ0) is 14.2. The zero-order valence-corrected chi connectivity index (χ0v) is 12.5. The van der Waals surface area contributed by atoms with E-state index in [0.717, 1.165) is 12.3 Å². The lowest BCUT2D eigenvalue weighted by Crippen LogP contribution is -2.05. The zero-order valence-electron chi connectivity index (χ0n) is 12.5. The molecule has 20 heavy (non-hydrogen) atoms. The lowest BCUT2D eigenvalue weighted by atomic mass is 9.93. The van der Waals surface area contributed by atoms with Crippen LogP contribution >= 0.6 is 0 Å². The molecule has 2 aromatic heterocycles. The highest BCUT2D eigenvalue weighted by Gasteiger charge is 2.09. The van der Waals surface area contributed by atoms with Gasteiger partial charge in [0.1, 0.15) is 0 Å². The predicted octanol–water partition coefficient (Wildman–Crippen LogP) is 4.90. The second-order valence-corrected chi connectivity index (χ2v) is 5.39. The fourth-order valence-electron chi connectivity index (χ4n) is 2.55. The molecule has 0 radical (unpaired) electrons. The lowest BCUT2D eigenvalue weighted by Gasteiger charge is -2.14. The van der Waals surface area contributed by atoms with Gasteiger partial charge >= 0.3 is 0 Å². The molecule has 0 aliphatic heterocycles. The standard InChI is InChI=1S/C18H24N2/c1-3-5-6-15(4-2)13-18-14-17(9-12-20-18)16-7-10-19-11-8-16/h7-12,14-15H,3-6,13H2,1-2H3. The van der Waals surface area contributed by atoms with Crippen LogP contribution < -0.4 is 0 Å². The fourth-order valence-corrected chi connectivity index (χ4v) is 2.55. The summed E-state index contributed by atoms with van der Waals surface area (Å²) in [6.45, 7) is 4.54. The van der Waals surface area contributed by atoms with Gasteiger partial charge in [0.2, 0.25) is 0 Å². The summed E-state index contributed by atoms with van der Waals surface area (Å²) in [7, 11) is 0. The number of hydrogen-bond acceptors (Lipinski definition) is 2. The van der Waals surface area contributed by atoms with Crippen molar-refractivity contribution in [3.63, 3.8) is 0 Å². The first-order chi connectivity index (χ1) is 9.83. The summed E-state index contributed by atoms with van der Waals surface area (Å²) in [5.41, 5.74) is 3.66. The SMILES string of the molecule is CCCCC(CC)Cc1cc(-c2ccncc2)ccn1. The lowest BCUT2D eigenvalue weighted by molar-refractivity contribution is 0.445. The van der Waals surface area contributed by atoms with Crippen LogP contribution in [0.4, 0.5) is 0 Å². The minimum atomic E-state index is 0.759. The molecule has 0 N–H and O–H groups in total. The number of aromatic nitrogens is 2. The van der Waals surface area contributed by atoms with E-state index in [-0.39, 0.29) is 0 Å². The van der Waals surface area contributed by atoms with Crippen molar-refractivity contribution in [2.45, 2.75) is 46.0 Å². The molecular formula is C18H24N2. The van der Waals surface area contributed by atoms with Crippen LogP contribution in [0.3, 0.4) is 0 Å². The van der Waals surface area contributed by atoms with E-state index in [2.05, 4.69) is 35.9 Å². The van der Waals surface area contributed by atoms with Crippen LogP contribution in [0.1, 0.15) is 45.2 Å². The van der Waals surface area contributed by atoms with Crippen molar-refractivity contribution < 1.29 is 0 Å². The van der Waals surface area contributed by atoms with Crippen molar-refractivity contribution in [3.05, 3.63) is 48.5 Å². The molecule has 0 fully saturated rings. The van der Waals surface area contributed by atoms with E-state index in [4.69, 9.17) is 0 Å². The summed E-state index contributed by atoms with van der Waals surface area (Å²) in [6.07, 6.45) is 11.9. The minimum Gasteiger partial charge on any atom is -0.265 e. The normalized spacial score (nSPS) is 12.3. The van der Waals surface area contributed by atoms with Crippen molar-refractivity contribution in [1.29, 1.82) is 0 Å². The van der Waals surface area contributed by atoms with Gasteiger partial charge in [-0.1, -0.05) is 39.5 Å². The average molecular weight is 268 g/mol. The van der Waals surface area contributed by atoms with E-state index in [1.54, 1.807) is 0 Å². The molecule has 2 heterocycles. The van der Waals surface area contributed by atoms with Crippen molar-refractivity contribution >= 4 is 0 Å². The molecular weight excluding hydrogens is 244 g/mol. The minimum absolute atomic E-state index is 0.759. The molecule has 2 aromatic rings. The van der Waals surface area contributed by atoms with E-state index in [1.165, 1.54) is 42.5 Å². The molecule has 2 nitrogen and oxygen atoms in total. The van der Waals surface area contributed by atoms with Gasteiger partial charge in [-0.25, -0.2) is 0 Å². The third kappa shape index (κ3) is 4.16. The Labute approximate surface area is 122 Å². The molecule has 0 amide bonds. The predicted molar refractivity (Wildman–Crippen MR) is 84.5 cm³/mol. The maximum absolute atomic E-state index is 4.55. The maximum Gasteiger partial charge on any atom is 0.0412 e. The van der Waals surface area contributed by atoms with Crippen LogP contribution in [0.2, 0.25) is 0 Å². The molecule has 2 rings (SSSR count). The molecule has 1 unspecified atom stereocenters. The van der Waals surface area contributed by atoms with E-state index in [9.17, 15) is 0 Å². The first-order valence-corrected chi connectivity index (χ1v) is 7.68. The molecule has 106 valence electrons. The molecule has 0 aromatic carbocycles. The summed E-state index contributed by atoms with van der Waals surface area (Å²) in [5, 5.41) is 0. The van der Waals surface area contributed by atoms with Gasteiger partial charge in [0, 0.05) is 24.3 Å². The van der Waals surface area contributed by atoms with Gasteiger partial charge in [0.25, 0.3) is 0 Å². The van der Waals surface area contributed by atoms with Crippen LogP contribution in [-0.4, -0.2) is 9.97 Å². The van der Waals surface area contributed by atoms with Crippen molar-refractivity contribution in [2.75, 3.05) is 0 Å². The summed E-state index contributed by atoms with van der Waals surface area (Å²) >= 11 is 0.